The number of benzene rings is 2. The lowest BCUT2D eigenvalue weighted by Gasteiger charge is -2.07. The zero-order valence-corrected chi connectivity index (χ0v) is 11.2. The molecule has 0 unspecified atom stereocenters. The summed E-state index contributed by atoms with van der Waals surface area (Å²) >= 11 is 1.55. The van der Waals surface area contributed by atoms with E-state index in [1.165, 1.54) is 12.1 Å². The molecule has 0 spiro atoms. The lowest BCUT2D eigenvalue weighted by molar-refractivity contribution is 0.0696. The van der Waals surface area contributed by atoms with E-state index in [1.807, 2.05) is 6.92 Å². The van der Waals surface area contributed by atoms with Crippen LogP contribution in [-0.4, -0.2) is 11.1 Å². The molecule has 0 saturated carbocycles. The fraction of sp³-hybridized carbons (Fsp3) is 0.133. The first-order chi connectivity index (χ1) is 9.06. The highest BCUT2D eigenvalue weighted by atomic mass is 32.2. The van der Waals surface area contributed by atoms with E-state index in [1.54, 1.807) is 42.1 Å². The van der Waals surface area contributed by atoms with E-state index in [4.69, 9.17) is 5.11 Å². The van der Waals surface area contributed by atoms with E-state index in [0.29, 0.717) is 5.75 Å². The summed E-state index contributed by atoms with van der Waals surface area (Å²) in [4.78, 5) is 11.9. The molecule has 2 nitrogen and oxygen atoms in total. The second-order valence-electron chi connectivity index (χ2n) is 4.20. The van der Waals surface area contributed by atoms with Crippen LogP contribution in [0.5, 0.6) is 0 Å². The van der Waals surface area contributed by atoms with Crippen LogP contribution in [0.3, 0.4) is 0 Å². The molecule has 2 aromatic carbocycles. The quantitative estimate of drug-likeness (QED) is 0.853. The molecule has 0 heterocycles. The van der Waals surface area contributed by atoms with Gasteiger partial charge in [-0.3, -0.25) is 0 Å². The van der Waals surface area contributed by atoms with Gasteiger partial charge in [0.05, 0.1) is 5.56 Å². The monoisotopic (exact) mass is 276 g/mol. The third kappa shape index (κ3) is 3.58. The van der Waals surface area contributed by atoms with Crippen molar-refractivity contribution in [3.05, 3.63) is 65.0 Å². The molecule has 0 aliphatic carbocycles. The number of carbonyl (C=O) groups is 1. The Morgan fingerprint density at radius 3 is 2.53 bits per heavy atom. The minimum Gasteiger partial charge on any atom is -0.478 e. The first kappa shape index (κ1) is 13.6. The van der Waals surface area contributed by atoms with Gasteiger partial charge in [0.15, 0.2) is 0 Å². The Labute approximate surface area is 115 Å². The predicted molar refractivity (Wildman–Crippen MR) is 74.1 cm³/mol. The van der Waals surface area contributed by atoms with Gasteiger partial charge in [-0.15, -0.1) is 11.8 Å². The topological polar surface area (TPSA) is 37.3 Å². The van der Waals surface area contributed by atoms with Gasteiger partial charge in [0.25, 0.3) is 0 Å². The molecular weight excluding hydrogens is 263 g/mol. The van der Waals surface area contributed by atoms with Crippen LogP contribution in [0.1, 0.15) is 21.5 Å². The lowest BCUT2D eigenvalue weighted by Crippen LogP contribution is -1.96. The molecule has 0 aromatic heterocycles. The van der Waals surface area contributed by atoms with Crippen molar-refractivity contribution >= 4 is 17.7 Å². The summed E-state index contributed by atoms with van der Waals surface area (Å²) in [7, 11) is 0. The number of thioether (sulfide) groups is 1. The van der Waals surface area contributed by atoms with Crippen LogP contribution in [0.15, 0.2) is 47.4 Å². The van der Waals surface area contributed by atoms with Crippen LogP contribution in [-0.2, 0) is 5.75 Å². The smallest absolute Gasteiger partial charge is 0.335 e. The van der Waals surface area contributed by atoms with Gasteiger partial charge >= 0.3 is 5.97 Å². The number of rotatable bonds is 4. The highest BCUT2D eigenvalue weighted by Gasteiger charge is 2.07. The standard InChI is InChI=1S/C15H13FO2S/c1-10-2-5-12(15(17)18)8-14(10)19-9-11-3-6-13(16)7-4-11/h2-8H,9H2,1H3,(H,17,18). The third-order valence-corrected chi connectivity index (χ3v) is 3.97. The summed E-state index contributed by atoms with van der Waals surface area (Å²) < 4.78 is 12.8. The highest BCUT2D eigenvalue weighted by molar-refractivity contribution is 7.98. The second kappa shape index (κ2) is 5.89. The molecule has 0 fully saturated rings. The summed E-state index contributed by atoms with van der Waals surface area (Å²) in [6.07, 6.45) is 0. The Morgan fingerprint density at radius 2 is 1.89 bits per heavy atom. The minimum absolute atomic E-state index is 0.252. The van der Waals surface area contributed by atoms with Gasteiger partial charge in [-0.2, -0.15) is 0 Å². The van der Waals surface area contributed by atoms with Crippen molar-refractivity contribution in [3.63, 3.8) is 0 Å². The van der Waals surface area contributed by atoms with Crippen LogP contribution in [0.4, 0.5) is 4.39 Å². The summed E-state index contributed by atoms with van der Waals surface area (Å²) in [6, 6.07) is 11.4. The molecule has 0 saturated heterocycles. The first-order valence-corrected chi connectivity index (χ1v) is 6.76. The molecule has 19 heavy (non-hydrogen) atoms. The van der Waals surface area contributed by atoms with E-state index in [0.717, 1.165) is 16.0 Å². The molecule has 2 aromatic rings. The van der Waals surface area contributed by atoms with Crippen LogP contribution < -0.4 is 0 Å². The van der Waals surface area contributed by atoms with Gasteiger partial charge < -0.3 is 5.11 Å². The van der Waals surface area contributed by atoms with Crippen LogP contribution in [0, 0.1) is 12.7 Å². The first-order valence-electron chi connectivity index (χ1n) is 5.77. The summed E-state index contributed by atoms with van der Waals surface area (Å²) in [6.45, 7) is 1.94. The highest BCUT2D eigenvalue weighted by Crippen LogP contribution is 2.27. The molecular formula is C15H13FO2S. The van der Waals surface area contributed by atoms with Crippen molar-refractivity contribution in [1.29, 1.82) is 0 Å². The largest absolute Gasteiger partial charge is 0.478 e. The Balaban J connectivity index is 2.12. The Bertz CT molecular complexity index is 594. The molecule has 2 rings (SSSR count). The van der Waals surface area contributed by atoms with E-state index in [9.17, 15) is 9.18 Å². The van der Waals surface area contributed by atoms with Gasteiger partial charge in [-0.25, -0.2) is 9.18 Å². The Morgan fingerprint density at radius 1 is 1.21 bits per heavy atom. The van der Waals surface area contributed by atoms with Gasteiger partial charge in [0.2, 0.25) is 0 Å². The molecule has 0 aliphatic heterocycles. The zero-order valence-electron chi connectivity index (χ0n) is 10.4. The van der Waals surface area contributed by atoms with Gasteiger partial charge in [-0.1, -0.05) is 18.2 Å². The number of aryl methyl sites for hydroxylation is 1. The zero-order chi connectivity index (χ0) is 13.8. The molecule has 4 heteroatoms. The van der Waals surface area contributed by atoms with E-state index in [-0.39, 0.29) is 11.4 Å². The minimum atomic E-state index is -0.927. The number of aromatic carboxylic acids is 1. The molecule has 1 N–H and O–H groups in total. The Hall–Kier alpha value is -1.81. The average molecular weight is 276 g/mol. The van der Waals surface area contributed by atoms with Crippen molar-refractivity contribution in [1.82, 2.24) is 0 Å². The summed E-state index contributed by atoms with van der Waals surface area (Å²) in [5.41, 5.74) is 2.33. The van der Waals surface area contributed by atoms with Gasteiger partial charge in [0, 0.05) is 10.6 Å². The van der Waals surface area contributed by atoms with E-state index < -0.39 is 5.97 Å². The SMILES string of the molecule is Cc1ccc(C(=O)O)cc1SCc1ccc(F)cc1. The predicted octanol–water partition coefficient (Wildman–Crippen LogP) is 4.12. The maximum Gasteiger partial charge on any atom is 0.335 e. The van der Waals surface area contributed by atoms with Crippen molar-refractivity contribution in [2.24, 2.45) is 0 Å². The fourth-order valence-corrected chi connectivity index (χ4v) is 2.65. The van der Waals surface area contributed by atoms with Gasteiger partial charge in [0.1, 0.15) is 5.82 Å². The van der Waals surface area contributed by atoms with E-state index in [2.05, 4.69) is 0 Å². The van der Waals surface area contributed by atoms with Crippen LogP contribution in [0.25, 0.3) is 0 Å². The maximum atomic E-state index is 12.8. The number of hydrogen-bond donors (Lipinski definition) is 1. The molecule has 0 amide bonds. The van der Waals surface area contributed by atoms with Crippen molar-refractivity contribution in [2.45, 2.75) is 17.6 Å². The van der Waals surface area contributed by atoms with E-state index >= 15 is 0 Å². The maximum absolute atomic E-state index is 12.8. The molecule has 0 atom stereocenters. The summed E-state index contributed by atoms with van der Waals surface area (Å²) in [5, 5.41) is 8.97. The van der Waals surface area contributed by atoms with Crippen LogP contribution in [0.2, 0.25) is 0 Å². The molecule has 98 valence electrons. The number of hydrogen-bond acceptors (Lipinski definition) is 2. The van der Waals surface area contributed by atoms with Crippen molar-refractivity contribution in [2.75, 3.05) is 0 Å². The second-order valence-corrected chi connectivity index (χ2v) is 5.22. The lowest BCUT2D eigenvalue weighted by atomic mass is 10.1. The average Bonchev–Trinajstić information content (AvgIpc) is 2.39. The molecule has 0 bridgehead atoms. The third-order valence-electron chi connectivity index (χ3n) is 2.74. The summed E-state index contributed by atoms with van der Waals surface area (Å²) in [5.74, 6) is -0.495. The van der Waals surface area contributed by atoms with Crippen LogP contribution >= 0.6 is 11.8 Å². The number of carboxylic acids is 1. The molecule has 0 radical (unpaired) electrons. The number of halogens is 1. The van der Waals surface area contributed by atoms with Crippen molar-refractivity contribution in [3.8, 4) is 0 Å². The Kier molecular flexibility index (Phi) is 4.22. The van der Waals surface area contributed by atoms with Crippen molar-refractivity contribution < 1.29 is 14.3 Å². The number of carboxylic acid groups (broad SMARTS) is 1. The normalized spacial score (nSPS) is 10.4. The fourth-order valence-electron chi connectivity index (χ4n) is 1.63. The molecule has 0 aliphatic rings. The van der Waals surface area contributed by atoms with Gasteiger partial charge in [-0.05, 0) is 42.3 Å².